The number of imidazole rings is 1. The summed E-state index contributed by atoms with van der Waals surface area (Å²) in [6.45, 7) is 4.60. The molecule has 1 fully saturated rings. The highest BCUT2D eigenvalue weighted by Gasteiger charge is 2.15. The first-order valence-electron chi connectivity index (χ1n) is 8.15. The average Bonchev–Trinajstić information content (AvgIpc) is 3.23. The standard InChI is InChI=1S/C17H23N5O/c1-13-19-8-9-22(13)16-4-2-15(11-20-16)12-21-17(23)5-3-14-6-7-18-10-14/h2,4,8-9,11,14,18H,3,5-7,10,12H2,1H3,(H,21,23). The van der Waals surface area contributed by atoms with Gasteiger partial charge in [-0.25, -0.2) is 9.97 Å². The molecule has 1 aliphatic heterocycles. The van der Waals surface area contributed by atoms with Crippen molar-refractivity contribution in [2.75, 3.05) is 13.1 Å². The van der Waals surface area contributed by atoms with Gasteiger partial charge in [0, 0.05) is 31.6 Å². The summed E-state index contributed by atoms with van der Waals surface area (Å²) in [6, 6.07) is 3.93. The largest absolute Gasteiger partial charge is 0.352 e. The highest BCUT2D eigenvalue weighted by Crippen LogP contribution is 2.14. The SMILES string of the molecule is Cc1nccn1-c1ccc(CNC(=O)CCC2CCNC2)cn1. The maximum Gasteiger partial charge on any atom is 0.220 e. The number of pyridine rings is 1. The van der Waals surface area contributed by atoms with Crippen LogP contribution in [0.25, 0.3) is 5.82 Å². The summed E-state index contributed by atoms with van der Waals surface area (Å²) in [6.07, 6.45) is 8.20. The number of nitrogens with one attached hydrogen (secondary N) is 2. The van der Waals surface area contributed by atoms with E-state index in [2.05, 4.69) is 20.6 Å². The second-order valence-corrected chi connectivity index (χ2v) is 6.04. The minimum atomic E-state index is 0.117. The van der Waals surface area contributed by atoms with E-state index in [1.807, 2.05) is 29.8 Å². The highest BCUT2D eigenvalue weighted by molar-refractivity contribution is 5.75. The lowest BCUT2D eigenvalue weighted by Crippen LogP contribution is -2.23. The zero-order valence-corrected chi connectivity index (χ0v) is 13.5. The van der Waals surface area contributed by atoms with Gasteiger partial charge < -0.3 is 10.6 Å². The molecule has 0 saturated carbocycles. The van der Waals surface area contributed by atoms with Crippen LogP contribution < -0.4 is 10.6 Å². The molecule has 3 rings (SSSR count). The zero-order valence-electron chi connectivity index (χ0n) is 13.5. The first kappa shape index (κ1) is 15.7. The van der Waals surface area contributed by atoms with Crippen LogP contribution in [0.2, 0.25) is 0 Å². The van der Waals surface area contributed by atoms with Gasteiger partial charge >= 0.3 is 0 Å². The third-order valence-corrected chi connectivity index (χ3v) is 4.31. The van der Waals surface area contributed by atoms with Crippen LogP contribution in [0.4, 0.5) is 0 Å². The van der Waals surface area contributed by atoms with Crippen molar-refractivity contribution in [3.63, 3.8) is 0 Å². The molecule has 0 spiro atoms. The molecule has 1 aliphatic rings. The van der Waals surface area contributed by atoms with E-state index in [4.69, 9.17) is 0 Å². The summed E-state index contributed by atoms with van der Waals surface area (Å²) in [7, 11) is 0. The average molecular weight is 313 g/mol. The molecule has 0 bridgehead atoms. The van der Waals surface area contributed by atoms with E-state index in [0.29, 0.717) is 18.9 Å². The molecule has 0 radical (unpaired) electrons. The van der Waals surface area contributed by atoms with Crippen molar-refractivity contribution in [1.29, 1.82) is 0 Å². The summed E-state index contributed by atoms with van der Waals surface area (Å²) in [4.78, 5) is 20.5. The molecule has 122 valence electrons. The van der Waals surface area contributed by atoms with E-state index in [1.54, 1.807) is 12.4 Å². The number of rotatable bonds is 6. The molecule has 1 unspecified atom stereocenters. The van der Waals surface area contributed by atoms with E-state index < -0.39 is 0 Å². The van der Waals surface area contributed by atoms with Crippen LogP contribution in [0.3, 0.4) is 0 Å². The summed E-state index contributed by atoms with van der Waals surface area (Å²) in [5.74, 6) is 2.51. The van der Waals surface area contributed by atoms with Gasteiger partial charge in [-0.1, -0.05) is 6.07 Å². The number of carbonyl (C=O) groups excluding carboxylic acids is 1. The number of hydrogen-bond donors (Lipinski definition) is 2. The second-order valence-electron chi connectivity index (χ2n) is 6.04. The third kappa shape index (κ3) is 4.16. The monoisotopic (exact) mass is 313 g/mol. The van der Waals surface area contributed by atoms with E-state index in [1.165, 1.54) is 6.42 Å². The molecule has 1 atom stereocenters. The topological polar surface area (TPSA) is 71.8 Å². The predicted octanol–water partition coefficient (Wildman–Crippen LogP) is 1.58. The van der Waals surface area contributed by atoms with Gasteiger partial charge in [0.25, 0.3) is 0 Å². The maximum atomic E-state index is 11.9. The van der Waals surface area contributed by atoms with E-state index in [0.717, 1.165) is 36.7 Å². The van der Waals surface area contributed by atoms with Crippen molar-refractivity contribution in [3.8, 4) is 5.82 Å². The Balaban J connectivity index is 1.46. The quantitative estimate of drug-likeness (QED) is 0.849. The van der Waals surface area contributed by atoms with E-state index in [-0.39, 0.29) is 5.91 Å². The Morgan fingerprint density at radius 1 is 1.43 bits per heavy atom. The van der Waals surface area contributed by atoms with Gasteiger partial charge in [-0.3, -0.25) is 9.36 Å². The fourth-order valence-electron chi connectivity index (χ4n) is 2.87. The van der Waals surface area contributed by atoms with Gasteiger partial charge in [0.1, 0.15) is 11.6 Å². The Labute approximate surface area is 136 Å². The molecule has 0 aliphatic carbocycles. The van der Waals surface area contributed by atoms with Gasteiger partial charge in [-0.15, -0.1) is 0 Å². The van der Waals surface area contributed by atoms with Crippen LogP contribution in [0.1, 0.15) is 30.7 Å². The fraction of sp³-hybridized carbons (Fsp3) is 0.471. The molecular formula is C17H23N5O. The Morgan fingerprint density at radius 3 is 3.00 bits per heavy atom. The van der Waals surface area contributed by atoms with Crippen LogP contribution in [0, 0.1) is 12.8 Å². The van der Waals surface area contributed by atoms with Gasteiger partial charge in [0.2, 0.25) is 5.91 Å². The number of aryl methyl sites for hydroxylation is 1. The molecule has 6 heteroatoms. The summed E-state index contributed by atoms with van der Waals surface area (Å²) in [5.41, 5.74) is 1.00. The molecule has 1 amide bonds. The second kappa shape index (κ2) is 7.37. The smallest absolute Gasteiger partial charge is 0.220 e. The molecule has 0 aromatic carbocycles. The molecule has 2 aromatic heterocycles. The van der Waals surface area contributed by atoms with Crippen LogP contribution >= 0.6 is 0 Å². The molecule has 1 saturated heterocycles. The zero-order chi connectivity index (χ0) is 16.1. The minimum Gasteiger partial charge on any atom is -0.352 e. The van der Waals surface area contributed by atoms with Crippen molar-refractivity contribution in [2.24, 2.45) is 5.92 Å². The van der Waals surface area contributed by atoms with Crippen molar-refractivity contribution < 1.29 is 4.79 Å². The summed E-state index contributed by atoms with van der Waals surface area (Å²) in [5, 5.41) is 6.30. The number of carbonyl (C=O) groups is 1. The molecule has 6 nitrogen and oxygen atoms in total. The molecule has 2 aromatic rings. The van der Waals surface area contributed by atoms with Crippen molar-refractivity contribution in [1.82, 2.24) is 25.2 Å². The number of nitrogens with zero attached hydrogens (tertiary/aromatic N) is 3. The minimum absolute atomic E-state index is 0.117. The fourth-order valence-corrected chi connectivity index (χ4v) is 2.87. The Bertz CT molecular complexity index is 643. The van der Waals surface area contributed by atoms with Crippen molar-refractivity contribution in [2.45, 2.75) is 32.7 Å². The summed E-state index contributed by atoms with van der Waals surface area (Å²) < 4.78 is 1.93. The number of aromatic nitrogens is 3. The van der Waals surface area contributed by atoms with E-state index in [9.17, 15) is 4.79 Å². The van der Waals surface area contributed by atoms with Gasteiger partial charge in [-0.2, -0.15) is 0 Å². The first-order valence-corrected chi connectivity index (χ1v) is 8.15. The van der Waals surface area contributed by atoms with Gasteiger partial charge in [0.15, 0.2) is 0 Å². The normalized spacial score (nSPS) is 17.3. The lowest BCUT2D eigenvalue weighted by atomic mass is 10.0. The van der Waals surface area contributed by atoms with E-state index >= 15 is 0 Å². The Hall–Kier alpha value is -2.21. The molecule has 23 heavy (non-hydrogen) atoms. The van der Waals surface area contributed by atoms with Crippen molar-refractivity contribution >= 4 is 5.91 Å². The number of hydrogen-bond acceptors (Lipinski definition) is 4. The molecular weight excluding hydrogens is 290 g/mol. The van der Waals surface area contributed by atoms with Crippen LogP contribution in [0.15, 0.2) is 30.7 Å². The maximum absolute atomic E-state index is 11.9. The number of amides is 1. The van der Waals surface area contributed by atoms with Crippen LogP contribution in [-0.4, -0.2) is 33.5 Å². The first-order chi connectivity index (χ1) is 11.2. The Morgan fingerprint density at radius 2 is 2.35 bits per heavy atom. The third-order valence-electron chi connectivity index (χ3n) is 4.31. The lowest BCUT2D eigenvalue weighted by Gasteiger charge is -2.09. The van der Waals surface area contributed by atoms with Crippen molar-refractivity contribution in [3.05, 3.63) is 42.1 Å². The molecule has 2 N–H and O–H groups in total. The Kier molecular flexibility index (Phi) is 5.02. The summed E-state index contributed by atoms with van der Waals surface area (Å²) >= 11 is 0. The highest BCUT2D eigenvalue weighted by atomic mass is 16.1. The predicted molar refractivity (Wildman–Crippen MR) is 88.2 cm³/mol. The lowest BCUT2D eigenvalue weighted by molar-refractivity contribution is -0.121. The molecule has 3 heterocycles. The van der Waals surface area contributed by atoms with Crippen LogP contribution in [-0.2, 0) is 11.3 Å². The van der Waals surface area contributed by atoms with Gasteiger partial charge in [0.05, 0.1) is 0 Å². The van der Waals surface area contributed by atoms with Gasteiger partial charge in [-0.05, 0) is 50.4 Å². The van der Waals surface area contributed by atoms with Crippen LogP contribution in [0.5, 0.6) is 0 Å².